The third-order valence-electron chi connectivity index (χ3n) is 3.68. The van der Waals surface area contributed by atoms with Gasteiger partial charge in [0, 0.05) is 17.3 Å². The van der Waals surface area contributed by atoms with Crippen LogP contribution < -0.4 is 5.32 Å². The molecule has 0 bridgehead atoms. The molecule has 0 aliphatic heterocycles. The van der Waals surface area contributed by atoms with Crippen molar-refractivity contribution in [1.29, 1.82) is 0 Å². The highest BCUT2D eigenvalue weighted by Gasteiger charge is 2.37. The van der Waals surface area contributed by atoms with E-state index in [2.05, 4.69) is 17.2 Å². The van der Waals surface area contributed by atoms with Crippen molar-refractivity contribution < 1.29 is 4.92 Å². The molecule has 5 nitrogen and oxygen atoms in total. The van der Waals surface area contributed by atoms with Crippen molar-refractivity contribution >= 4 is 11.5 Å². The molecule has 0 radical (unpaired) electrons. The third-order valence-corrected chi connectivity index (χ3v) is 3.68. The van der Waals surface area contributed by atoms with Crippen molar-refractivity contribution in [3.8, 4) is 0 Å². The zero-order valence-corrected chi connectivity index (χ0v) is 10.2. The van der Waals surface area contributed by atoms with Crippen molar-refractivity contribution in [2.75, 3.05) is 5.32 Å². The van der Waals surface area contributed by atoms with E-state index < -0.39 is 0 Å². The van der Waals surface area contributed by atoms with Crippen LogP contribution >= 0.6 is 0 Å². The lowest BCUT2D eigenvalue weighted by Gasteiger charge is -2.42. The van der Waals surface area contributed by atoms with Gasteiger partial charge in [-0.3, -0.25) is 10.1 Å². The second-order valence-electron chi connectivity index (χ2n) is 4.69. The summed E-state index contributed by atoms with van der Waals surface area (Å²) in [7, 11) is 0. The van der Waals surface area contributed by atoms with Gasteiger partial charge in [0.2, 0.25) is 5.82 Å². The molecule has 1 fully saturated rings. The van der Waals surface area contributed by atoms with Crippen molar-refractivity contribution in [1.82, 2.24) is 4.98 Å². The van der Waals surface area contributed by atoms with Crippen molar-refractivity contribution in [2.45, 2.75) is 45.1 Å². The SMILES string of the molecule is CCC1(Nc2nccc(C)c2[N+](=O)[O-])CCC1. The molecule has 0 amide bonds. The van der Waals surface area contributed by atoms with Crippen LogP contribution in [0.2, 0.25) is 0 Å². The lowest BCUT2D eigenvalue weighted by atomic mass is 9.75. The Labute approximate surface area is 100 Å². The van der Waals surface area contributed by atoms with Gasteiger partial charge in [-0.2, -0.15) is 0 Å². The van der Waals surface area contributed by atoms with E-state index >= 15 is 0 Å². The smallest absolute Gasteiger partial charge is 0.314 e. The molecule has 1 aliphatic carbocycles. The highest BCUT2D eigenvalue weighted by Crippen LogP contribution is 2.39. The number of nitrogens with one attached hydrogen (secondary N) is 1. The summed E-state index contributed by atoms with van der Waals surface area (Å²) in [5.74, 6) is 0.413. The van der Waals surface area contributed by atoms with E-state index in [9.17, 15) is 10.1 Å². The second kappa shape index (κ2) is 4.31. The second-order valence-corrected chi connectivity index (χ2v) is 4.69. The van der Waals surface area contributed by atoms with Crippen LogP contribution in [0, 0.1) is 17.0 Å². The Balaban J connectivity index is 2.32. The molecule has 1 heterocycles. The summed E-state index contributed by atoms with van der Waals surface area (Å²) < 4.78 is 0. The minimum atomic E-state index is -0.354. The number of nitro groups is 1. The van der Waals surface area contributed by atoms with E-state index in [4.69, 9.17) is 0 Å². The monoisotopic (exact) mass is 235 g/mol. The Morgan fingerprint density at radius 2 is 2.29 bits per heavy atom. The number of aryl methyl sites for hydroxylation is 1. The van der Waals surface area contributed by atoms with Gasteiger partial charge in [0.15, 0.2) is 0 Å². The quantitative estimate of drug-likeness (QED) is 0.643. The highest BCUT2D eigenvalue weighted by molar-refractivity contribution is 5.61. The average molecular weight is 235 g/mol. The zero-order valence-electron chi connectivity index (χ0n) is 10.2. The molecule has 1 saturated carbocycles. The van der Waals surface area contributed by atoms with E-state index in [0.29, 0.717) is 11.4 Å². The van der Waals surface area contributed by atoms with Crippen LogP contribution in [0.25, 0.3) is 0 Å². The fourth-order valence-corrected chi connectivity index (χ4v) is 2.29. The lowest BCUT2D eigenvalue weighted by Crippen LogP contribution is -2.44. The molecule has 1 aliphatic rings. The van der Waals surface area contributed by atoms with Crippen LogP contribution in [0.5, 0.6) is 0 Å². The van der Waals surface area contributed by atoms with Gasteiger partial charge >= 0.3 is 5.69 Å². The predicted octanol–water partition coefficient (Wildman–Crippen LogP) is 3.04. The maximum absolute atomic E-state index is 11.0. The van der Waals surface area contributed by atoms with Crippen LogP contribution in [0.15, 0.2) is 12.3 Å². The summed E-state index contributed by atoms with van der Waals surface area (Å²) in [6.45, 7) is 3.85. The first kappa shape index (κ1) is 11.8. The minimum absolute atomic E-state index is 0.0194. The predicted molar refractivity (Wildman–Crippen MR) is 66.1 cm³/mol. The fraction of sp³-hybridized carbons (Fsp3) is 0.583. The van der Waals surface area contributed by atoms with Crippen molar-refractivity contribution in [3.05, 3.63) is 27.9 Å². The molecular formula is C12H17N3O2. The fourth-order valence-electron chi connectivity index (χ4n) is 2.29. The average Bonchev–Trinajstić information content (AvgIpc) is 2.23. The summed E-state index contributed by atoms with van der Waals surface area (Å²) in [5.41, 5.74) is 0.774. The summed E-state index contributed by atoms with van der Waals surface area (Å²) >= 11 is 0. The number of anilines is 1. The first-order valence-corrected chi connectivity index (χ1v) is 5.96. The van der Waals surface area contributed by atoms with Crippen LogP contribution in [0.3, 0.4) is 0 Å². The van der Waals surface area contributed by atoms with E-state index in [1.165, 1.54) is 6.42 Å². The molecule has 0 atom stereocenters. The molecule has 0 saturated heterocycles. The Hall–Kier alpha value is -1.65. The first-order valence-electron chi connectivity index (χ1n) is 5.96. The van der Waals surface area contributed by atoms with Gasteiger partial charge in [-0.15, -0.1) is 0 Å². The lowest BCUT2D eigenvalue weighted by molar-refractivity contribution is -0.384. The Kier molecular flexibility index (Phi) is 3.00. The van der Waals surface area contributed by atoms with Crippen LogP contribution in [0.4, 0.5) is 11.5 Å². The van der Waals surface area contributed by atoms with Gasteiger partial charge in [-0.25, -0.2) is 4.98 Å². The van der Waals surface area contributed by atoms with E-state index in [1.54, 1.807) is 19.2 Å². The topological polar surface area (TPSA) is 68.1 Å². The standard InChI is InChI=1S/C12H17N3O2/c1-3-12(6-4-7-12)14-11-10(15(16)17)9(2)5-8-13-11/h5,8H,3-4,6-7H2,1-2H3,(H,13,14). The van der Waals surface area contributed by atoms with Gasteiger partial charge < -0.3 is 5.32 Å². The third kappa shape index (κ3) is 2.09. The van der Waals surface area contributed by atoms with Crippen LogP contribution in [-0.2, 0) is 0 Å². The van der Waals surface area contributed by atoms with Crippen LogP contribution in [0.1, 0.15) is 38.2 Å². The maximum atomic E-state index is 11.0. The molecule has 0 aromatic carbocycles. The number of hydrogen-bond donors (Lipinski definition) is 1. The summed E-state index contributed by atoms with van der Waals surface area (Å²) in [5, 5.41) is 14.3. The molecule has 0 unspecified atom stereocenters. The van der Waals surface area contributed by atoms with Crippen molar-refractivity contribution in [3.63, 3.8) is 0 Å². The van der Waals surface area contributed by atoms with E-state index in [1.807, 2.05) is 0 Å². The first-order chi connectivity index (χ1) is 8.08. The van der Waals surface area contributed by atoms with E-state index in [-0.39, 0.29) is 16.1 Å². The molecule has 92 valence electrons. The molecule has 1 aromatic heterocycles. The molecule has 1 N–H and O–H groups in total. The van der Waals surface area contributed by atoms with Gasteiger partial charge in [-0.1, -0.05) is 6.92 Å². The summed E-state index contributed by atoms with van der Waals surface area (Å²) in [6.07, 6.45) is 5.90. The minimum Gasteiger partial charge on any atom is -0.359 e. The van der Waals surface area contributed by atoms with Gasteiger partial charge in [0.25, 0.3) is 0 Å². The zero-order chi connectivity index (χ0) is 12.5. The van der Waals surface area contributed by atoms with Gasteiger partial charge in [-0.05, 0) is 38.7 Å². The number of pyridine rings is 1. The molecule has 2 rings (SSSR count). The molecule has 17 heavy (non-hydrogen) atoms. The Morgan fingerprint density at radius 3 is 2.76 bits per heavy atom. The van der Waals surface area contributed by atoms with Gasteiger partial charge in [0.1, 0.15) is 0 Å². The summed E-state index contributed by atoms with van der Waals surface area (Å²) in [4.78, 5) is 14.8. The Morgan fingerprint density at radius 1 is 1.59 bits per heavy atom. The molecule has 5 heteroatoms. The van der Waals surface area contributed by atoms with Crippen molar-refractivity contribution in [2.24, 2.45) is 0 Å². The van der Waals surface area contributed by atoms with Gasteiger partial charge in [0.05, 0.1) is 4.92 Å². The number of nitrogens with zero attached hydrogens (tertiary/aromatic N) is 2. The highest BCUT2D eigenvalue weighted by atomic mass is 16.6. The Bertz CT molecular complexity index is 436. The summed E-state index contributed by atoms with van der Waals surface area (Å²) in [6, 6.07) is 1.67. The normalized spacial score (nSPS) is 17.3. The molecule has 1 aromatic rings. The number of aromatic nitrogens is 1. The maximum Gasteiger partial charge on any atom is 0.314 e. The molecule has 0 spiro atoms. The van der Waals surface area contributed by atoms with E-state index in [0.717, 1.165) is 19.3 Å². The molecular weight excluding hydrogens is 218 g/mol. The largest absolute Gasteiger partial charge is 0.359 e. The van der Waals surface area contributed by atoms with Crippen LogP contribution in [-0.4, -0.2) is 15.4 Å². The number of rotatable bonds is 4. The number of hydrogen-bond acceptors (Lipinski definition) is 4.